The van der Waals surface area contributed by atoms with Crippen LogP contribution >= 0.6 is 0 Å². The normalized spacial score (nSPS) is 11.7. The zero-order valence-corrected chi connectivity index (χ0v) is 14.2. The van der Waals surface area contributed by atoms with Gasteiger partial charge in [-0.2, -0.15) is 13.2 Å². The lowest BCUT2D eigenvalue weighted by atomic mass is 10.1. The molecule has 3 aromatic rings. The molecule has 2 aromatic heterocycles. The first-order valence-corrected chi connectivity index (χ1v) is 8.23. The fraction of sp³-hybridized carbons (Fsp3) is 0.278. The first kappa shape index (κ1) is 18.8. The van der Waals surface area contributed by atoms with Gasteiger partial charge in [0, 0.05) is 24.7 Å². The van der Waals surface area contributed by atoms with Crippen molar-refractivity contribution in [3.63, 3.8) is 0 Å². The third-order valence-corrected chi connectivity index (χ3v) is 3.77. The van der Waals surface area contributed by atoms with Crippen molar-refractivity contribution in [3.05, 3.63) is 65.6 Å². The summed E-state index contributed by atoms with van der Waals surface area (Å²) in [5, 5.41) is 10.9. The Bertz CT molecular complexity index is 907. The molecule has 27 heavy (non-hydrogen) atoms. The van der Waals surface area contributed by atoms with Gasteiger partial charge in [0.2, 0.25) is 0 Å². The summed E-state index contributed by atoms with van der Waals surface area (Å²) >= 11 is 0. The van der Waals surface area contributed by atoms with E-state index < -0.39 is 12.8 Å². The lowest BCUT2D eigenvalue weighted by Gasteiger charge is -2.08. The van der Waals surface area contributed by atoms with Crippen molar-refractivity contribution in [2.24, 2.45) is 0 Å². The minimum absolute atomic E-state index is 0.165. The van der Waals surface area contributed by atoms with Crippen LogP contribution in [-0.2, 0) is 17.8 Å². The highest BCUT2D eigenvalue weighted by atomic mass is 19.4. The zero-order valence-electron chi connectivity index (χ0n) is 14.2. The Morgan fingerprint density at radius 1 is 1.11 bits per heavy atom. The molecule has 0 atom stereocenters. The Balaban J connectivity index is 1.48. The largest absolute Gasteiger partial charge is 0.411 e. The first-order valence-electron chi connectivity index (χ1n) is 8.23. The van der Waals surface area contributed by atoms with Crippen LogP contribution in [0, 0.1) is 0 Å². The summed E-state index contributed by atoms with van der Waals surface area (Å²) in [6.07, 6.45) is -1.98. The Hall–Kier alpha value is -2.94. The number of fused-ring (bicyclic) bond motifs is 1. The topological polar surface area (TPSA) is 68.5 Å². The molecule has 1 amide bonds. The van der Waals surface area contributed by atoms with Crippen LogP contribution in [0.15, 0.2) is 48.7 Å². The maximum atomic E-state index is 12.2. The van der Waals surface area contributed by atoms with Gasteiger partial charge in [-0.1, -0.05) is 18.2 Å². The number of hydrogen-bond donors (Lipinski definition) is 1. The molecule has 0 unspecified atom stereocenters. The number of rotatable bonds is 7. The van der Waals surface area contributed by atoms with Crippen molar-refractivity contribution < 1.29 is 22.7 Å². The fourth-order valence-corrected chi connectivity index (χ4v) is 2.49. The molecule has 0 aliphatic heterocycles. The minimum Gasteiger partial charge on any atom is -0.367 e. The summed E-state index contributed by atoms with van der Waals surface area (Å²) in [4.78, 5) is 12.2. The Labute approximate surface area is 153 Å². The highest BCUT2D eigenvalue weighted by molar-refractivity contribution is 5.94. The van der Waals surface area contributed by atoms with Gasteiger partial charge in [-0.05, 0) is 29.8 Å². The van der Waals surface area contributed by atoms with E-state index in [2.05, 4.69) is 20.3 Å². The summed E-state index contributed by atoms with van der Waals surface area (Å²) in [5.41, 5.74) is 1.72. The number of pyridine rings is 1. The second-order valence-electron chi connectivity index (χ2n) is 5.86. The van der Waals surface area contributed by atoms with E-state index in [0.29, 0.717) is 24.1 Å². The number of nitrogens with one attached hydrogen (secondary N) is 1. The van der Waals surface area contributed by atoms with Crippen molar-refractivity contribution in [3.8, 4) is 0 Å². The van der Waals surface area contributed by atoms with Gasteiger partial charge in [-0.15, -0.1) is 10.2 Å². The van der Waals surface area contributed by atoms with Crippen molar-refractivity contribution >= 4 is 11.6 Å². The molecule has 2 heterocycles. The van der Waals surface area contributed by atoms with E-state index in [1.165, 1.54) is 0 Å². The summed E-state index contributed by atoms with van der Waals surface area (Å²) in [5.74, 6) is 0.467. The smallest absolute Gasteiger partial charge is 0.367 e. The average molecular weight is 378 g/mol. The molecule has 0 aliphatic rings. The van der Waals surface area contributed by atoms with Crippen LogP contribution < -0.4 is 5.32 Å². The molecular weight excluding hydrogens is 361 g/mol. The number of hydrogen-bond acceptors (Lipinski definition) is 4. The quantitative estimate of drug-likeness (QED) is 0.687. The lowest BCUT2D eigenvalue weighted by Crippen LogP contribution is -2.26. The summed E-state index contributed by atoms with van der Waals surface area (Å²) < 4.78 is 42.6. The van der Waals surface area contributed by atoms with Gasteiger partial charge in [-0.25, -0.2) is 0 Å². The maximum Gasteiger partial charge on any atom is 0.411 e. The predicted octanol–water partition coefficient (Wildman–Crippen LogP) is 2.78. The van der Waals surface area contributed by atoms with Crippen molar-refractivity contribution in [1.82, 2.24) is 19.9 Å². The van der Waals surface area contributed by atoms with E-state index in [0.717, 1.165) is 11.5 Å². The summed E-state index contributed by atoms with van der Waals surface area (Å²) in [6.45, 7) is -1.08. The molecule has 0 fully saturated rings. The molecule has 142 valence electrons. The third-order valence-electron chi connectivity index (χ3n) is 3.77. The Kier molecular flexibility index (Phi) is 5.70. The SMILES string of the molecule is O=C(NCCc1nnc2ccccn12)c1ccc(COCC(F)(F)F)cc1. The monoisotopic (exact) mass is 378 g/mol. The van der Waals surface area contributed by atoms with Crippen molar-refractivity contribution in [2.75, 3.05) is 13.2 Å². The number of benzene rings is 1. The van der Waals surface area contributed by atoms with E-state index in [4.69, 9.17) is 0 Å². The highest BCUT2D eigenvalue weighted by Crippen LogP contribution is 2.15. The van der Waals surface area contributed by atoms with Crippen LogP contribution in [0.1, 0.15) is 21.7 Å². The number of aromatic nitrogens is 3. The molecule has 1 N–H and O–H groups in total. The number of alkyl halides is 3. The van der Waals surface area contributed by atoms with E-state index in [9.17, 15) is 18.0 Å². The molecule has 0 spiro atoms. The first-order chi connectivity index (χ1) is 12.9. The van der Waals surface area contributed by atoms with E-state index in [1.54, 1.807) is 24.3 Å². The molecule has 9 heteroatoms. The van der Waals surface area contributed by atoms with E-state index in [-0.39, 0.29) is 12.5 Å². The number of carbonyl (C=O) groups is 1. The van der Waals surface area contributed by atoms with Crippen molar-refractivity contribution in [1.29, 1.82) is 0 Å². The maximum absolute atomic E-state index is 12.2. The van der Waals surface area contributed by atoms with Gasteiger partial charge in [-0.3, -0.25) is 9.20 Å². The number of halogens is 3. The standard InChI is InChI=1S/C18H17F3N4O2/c19-18(20,21)12-27-11-13-4-6-14(7-5-13)17(26)22-9-8-16-24-23-15-3-1-2-10-25(15)16/h1-7,10H,8-9,11-12H2,(H,22,26). The lowest BCUT2D eigenvalue weighted by molar-refractivity contribution is -0.176. The Morgan fingerprint density at radius 2 is 1.89 bits per heavy atom. The van der Waals surface area contributed by atoms with Crippen LogP contribution in [0.25, 0.3) is 5.65 Å². The summed E-state index contributed by atoms with van der Waals surface area (Å²) in [7, 11) is 0. The van der Waals surface area contributed by atoms with Gasteiger partial charge >= 0.3 is 6.18 Å². The van der Waals surface area contributed by atoms with Gasteiger partial charge < -0.3 is 10.1 Å². The molecule has 3 rings (SSSR count). The molecule has 1 aromatic carbocycles. The molecule has 0 radical (unpaired) electrons. The number of amides is 1. The second kappa shape index (κ2) is 8.17. The van der Waals surface area contributed by atoms with Gasteiger partial charge in [0.25, 0.3) is 5.91 Å². The van der Waals surface area contributed by atoms with Gasteiger partial charge in [0.05, 0.1) is 6.61 Å². The number of nitrogens with zero attached hydrogens (tertiary/aromatic N) is 3. The molecule has 6 nitrogen and oxygen atoms in total. The molecular formula is C18H17F3N4O2. The molecule has 0 saturated heterocycles. The number of carbonyl (C=O) groups excluding carboxylic acids is 1. The van der Waals surface area contributed by atoms with Crippen LogP contribution in [0.3, 0.4) is 0 Å². The molecule has 0 aliphatic carbocycles. The minimum atomic E-state index is -4.35. The average Bonchev–Trinajstić information content (AvgIpc) is 3.04. The van der Waals surface area contributed by atoms with Crippen molar-refractivity contribution in [2.45, 2.75) is 19.2 Å². The van der Waals surface area contributed by atoms with Crippen LogP contribution in [-0.4, -0.2) is 39.8 Å². The molecule has 0 bridgehead atoms. The zero-order chi connectivity index (χ0) is 19.3. The van der Waals surface area contributed by atoms with Gasteiger partial charge in [0.1, 0.15) is 12.4 Å². The van der Waals surface area contributed by atoms with Crippen LogP contribution in [0.4, 0.5) is 13.2 Å². The number of ether oxygens (including phenoxy) is 1. The fourth-order valence-electron chi connectivity index (χ4n) is 2.49. The Morgan fingerprint density at radius 3 is 2.63 bits per heavy atom. The van der Waals surface area contributed by atoms with E-state index in [1.807, 2.05) is 28.8 Å². The predicted molar refractivity (Wildman–Crippen MR) is 91.2 cm³/mol. The van der Waals surface area contributed by atoms with Crippen LogP contribution in [0.5, 0.6) is 0 Å². The third kappa shape index (κ3) is 5.27. The van der Waals surface area contributed by atoms with Gasteiger partial charge in [0.15, 0.2) is 5.65 Å². The highest BCUT2D eigenvalue weighted by Gasteiger charge is 2.27. The molecule has 0 saturated carbocycles. The van der Waals surface area contributed by atoms with E-state index >= 15 is 0 Å². The van der Waals surface area contributed by atoms with Crippen LogP contribution in [0.2, 0.25) is 0 Å². The summed E-state index contributed by atoms with van der Waals surface area (Å²) in [6, 6.07) is 11.8. The second-order valence-corrected chi connectivity index (χ2v) is 5.86.